The molecule has 54 heavy (non-hydrogen) atoms. The smallest absolute Gasteiger partial charge is 0.407 e. The number of rotatable bonds is 11. The summed E-state index contributed by atoms with van der Waals surface area (Å²) in [5.74, 6) is 0.955. The maximum atomic E-state index is 13.5. The van der Waals surface area contributed by atoms with Crippen molar-refractivity contribution in [1.82, 2.24) is 40.4 Å². The molecule has 4 aromatic rings. The van der Waals surface area contributed by atoms with Crippen molar-refractivity contribution in [3.8, 4) is 33.6 Å². The van der Waals surface area contributed by atoms with Gasteiger partial charge in [0.15, 0.2) is 0 Å². The van der Waals surface area contributed by atoms with Gasteiger partial charge >= 0.3 is 12.2 Å². The number of amides is 4. The lowest BCUT2D eigenvalue weighted by Gasteiger charge is -2.30. The summed E-state index contributed by atoms with van der Waals surface area (Å²) >= 11 is 0. The summed E-state index contributed by atoms with van der Waals surface area (Å²) in [4.78, 5) is 70.7. The van der Waals surface area contributed by atoms with E-state index in [9.17, 15) is 19.2 Å². The molecule has 0 saturated carbocycles. The Bertz CT molecular complexity index is 1800. The zero-order valence-electron chi connectivity index (χ0n) is 31.7. The minimum atomic E-state index is -0.687. The number of hydrogen-bond donors (Lipinski definition) is 4. The number of imidazole rings is 2. The molecule has 0 bridgehead atoms. The van der Waals surface area contributed by atoms with Gasteiger partial charge in [-0.15, -0.1) is 0 Å². The van der Waals surface area contributed by atoms with Crippen molar-refractivity contribution in [3.05, 3.63) is 72.6 Å². The first-order chi connectivity index (χ1) is 26.0. The number of ether oxygens (including phenoxy) is 2. The monoisotopic (exact) mass is 738 g/mol. The van der Waals surface area contributed by atoms with Crippen molar-refractivity contribution in [2.45, 2.75) is 77.5 Å². The third-order valence-corrected chi connectivity index (χ3v) is 10.4. The molecule has 2 aliphatic heterocycles. The van der Waals surface area contributed by atoms with Crippen LogP contribution in [0, 0.1) is 11.8 Å². The van der Waals surface area contributed by atoms with Crippen LogP contribution in [-0.2, 0) is 19.1 Å². The van der Waals surface area contributed by atoms with Crippen molar-refractivity contribution < 1.29 is 28.7 Å². The van der Waals surface area contributed by atoms with Crippen LogP contribution in [0.3, 0.4) is 0 Å². The standard InChI is InChI=1S/C40H50N8O6/c1-23(2)33(45-39(51)53-5)37(49)47-19-7-9-31(47)35-41-21-29(43-35)27-15-11-25(12-16-27)26-13-17-28(18-14-26)30-22-42-36(44-30)32-10-8-20-48(32)38(50)34(24(3)4)46-40(52)54-6/h11-18,21-24,31-34H,7-10,19-20H2,1-6H3,(H,41,43)(H,42,44)(H,45,51)(H,46,52)/t31-,32-,33-,34?/m0/s1. The van der Waals surface area contributed by atoms with Gasteiger partial charge in [0.05, 0.1) is 50.1 Å². The second kappa shape index (κ2) is 16.6. The number of benzene rings is 2. The van der Waals surface area contributed by atoms with Crippen LogP contribution in [-0.4, -0.2) is 93.1 Å². The van der Waals surface area contributed by atoms with Gasteiger partial charge in [0.25, 0.3) is 0 Å². The molecular weight excluding hydrogens is 688 g/mol. The summed E-state index contributed by atoms with van der Waals surface area (Å²) in [7, 11) is 2.58. The molecule has 14 nitrogen and oxygen atoms in total. The first kappa shape index (κ1) is 38.1. The van der Waals surface area contributed by atoms with E-state index in [1.807, 2.05) is 52.0 Å². The number of carbonyl (C=O) groups is 4. The molecule has 4 heterocycles. The van der Waals surface area contributed by atoms with Crippen LogP contribution in [0.2, 0.25) is 0 Å². The van der Waals surface area contributed by atoms with E-state index < -0.39 is 24.3 Å². The first-order valence-corrected chi connectivity index (χ1v) is 18.6. The molecule has 2 aromatic carbocycles. The SMILES string of the molecule is COC(=O)NC(C(=O)N1CCC[C@H]1c1ncc(-c2ccc(-c3ccc(-c4cnc([C@@H]5CCCN5C(=O)[C@@H](NC(=O)OC)C(C)C)[nH]4)cc3)cc2)[nH]1)C(C)C. The molecule has 0 spiro atoms. The molecule has 1 unspecified atom stereocenters. The third-order valence-electron chi connectivity index (χ3n) is 10.4. The molecule has 2 aromatic heterocycles. The van der Waals surface area contributed by atoms with Crippen molar-refractivity contribution >= 4 is 24.0 Å². The fraction of sp³-hybridized carbons (Fsp3) is 0.450. The van der Waals surface area contributed by atoms with E-state index >= 15 is 0 Å². The predicted molar refractivity (Wildman–Crippen MR) is 203 cm³/mol. The normalized spacial score (nSPS) is 18.1. The molecule has 4 atom stereocenters. The molecule has 0 radical (unpaired) electrons. The van der Waals surface area contributed by atoms with Crippen LogP contribution in [0.15, 0.2) is 60.9 Å². The Balaban J connectivity index is 1.11. The fourth-order valence-corrected chi connectivity index (χ4v) is 7.38. The van der Waals surface area contributed by atoms with Gasteiger partial charge in [0.1, 0.15) is 23.7 Å². The molecule has 14 heteroatoms. The van der Waals surface area contributed by atoms with E-state index in [-0.39, 0.29) is 35.7 Å². The highest BCUT2D eigenvalue weighted by Gasteiger charge is 2.39. The van der Waals surface area contributed by atoms with Crippen molar-refractivity contribution in [2.75, 3.05) is 27.3 Å². The number of carbonyl (C=O) groups excluding carboxylic acids is 4. The zero-order chi connectivity index (χ0) is 38.5. The molecule has 2 saturated heterocycles. The van der Waals surface area contributed by atoms with Crippen LogP contribution >= 0.6 is 0 Å². The van der Waals surface area contributed by atoms with Gasteiger partial charge in [-0.25, -0.2) is 19.6 Å². The number of likely N-dealkylation sites (tertiary alicyclic amines) is 2. The van der Waals surface area contributed by atoms with E-state index in [2.05, 4.69) is 54.8 Å². The molecule has 4 N–H and O–H groups in total. The van der Waals surface area contributed by atoms with Gasteiger partial charge in [-0.3, -0.25) is 9.59 Å². The summed E-state index contributed by atoms with van der Waals surface area (Å²) in [5.41, 5.74) is 5.78. The number of nitrogens with zero attached hydrogens (tertiary/aromatic N) is 4. The highest BCUT2D eigenvalue weighted by molar-refractivity contribution is 5.87. The van der Waals surface area contributed by atoms with Crippen molar-refractivity contribution in [1.29, 1.82) is 0 Å². The first-order valence-electron chi connectivity index (χ1n) is 18.6. The third kappa shape index (κ3) is 8.12. The number of alkyl carbamates (subject to hydrolysis) is 2. The number of nitrogens with one attached hydrogen (secondary N) is 4. The summed E-state index contributed by atoms with van der Waals surface area (Å²) in [6.45, 7) is 8.78. The maximum absolute atomic E-state index is 13.5. The molecule has 6 rings (SSSR count). The zero-order valence-corrected chi connectivity index (χ0v) is 31.7. The number of methoxy groups -OCH3 is 2. The predicted octanol–water partition coefficient (Wildman–Crippen LogP) is 6.22. The van der Waals surface area contributed by atoms with Gasteiger partial charge in [-0.1, -0.05) is 76.2 Å². The van der Waals surface area contributed by atoms with Crippen LogP contribution in [0.1, 0.15) is 77.1 Å². The average Bonchev–Trinajstić information content (AvgIpc) is 4.02. The largest absolute Gasteiger partial charge is 0.453 e. The van der Waals surface area contributed by atoms with Crippen LogP contribution < -0.4 is 10.6 Å². The number of aromatic nitrogens is 4. The van der Waals surface area contributed by atoms with E-state index in [0.29, 0.717) is 13.1 Å². The maximum Gasteiger partial charge on any atom is 0.407 e. The van der Waals surface area contributed by atoms with Crippen LogP contribution in [0.5, 0.6) is 0 Å². The Morgan fingerprint density at radius 1 is 0.630 bits per heavy atom. The minimum absolute atomic E-state index is 0.104. The molecular formula is C40H50N8O6. The second-order valence-electron chi connectivity index (χ2n) is 14.6. The summed E-state index contributed by atoms with van der Waals surface area (Å²) < 4.78 is 9.50. The Morgan fingerprint density at radius 2 is 0.981 bits per heavy atom. The van der Waals surface area contributed by atoms with E-state index in [1.54, 1.807) is 22.2 Å². The number of H-pyrrole nitrogens is 2. The van der Waals surface area contributed by atoms with Gasteiger partial charge in [-0.2, -0.15) is 0 Å². The lowest BCUT2D eigenvalue weighted by atomic mass is 10.0. The average molecular weight is 739 g/mol. The Morgan fingerprint density at radius 3 is 1.31 bits per heavy atom. The van der Waals surface area contributed by atoms with Gasteiger partial charge in [0, 0.05) is 13.1 Å². The highest BCUT2D eigenvalue weighted by Crippen LogP contribution is 2.35. The summed E-state index contributed by atoms with van der Waals surface area (Å²) in [5, 5.41) is 5.38. The molecule has 0 aliphatic carbocycles. The van der Waals surface area contributed by atoms with Crippen LogP contribution in [0.4, 0.5) is 9.59 Å². The highest BCUT2D eigenvalue weighted by atomic mass is 16.5. The van der Waals surface area contributed by atoms with E-state index in [0.717, 1.165) is 71.0 Å². The Labute approximate surface area is 315 Å². The van der Waals surface area contributed by atoms with Gasteiger partial charge in [-0.05, 0) is 59.8 Å². The Kier molecular flexibility index (Phi) is 11.7. The minimum Gasteiger partial charge on any atom is -0.453 e. The van der Waals surface area contributed by atoms with E-state index in [4.69, 9.17) is 9.47 Å². The summed E-state index contributed by atoms with van der Waals surface area (Å²) in [6, 6.07) is 14.7. The quantitative estimate of drug-likeness (QED) is 0.140. The van der Waals surface area contributed by atoms with Gasteiger partial charge < -0.3 is 39.9 Å². The number of hydrogen-bond acceptors (Lipinski definition) is 8. The lowest BCUT2D eigenvalue weighted by Crippen LogP contribution is -2.51. The lowest BCUT2D eigenvalue weighted by molar-refractivity contribution is -0.136. The van der Waals surface area contributed by atoms with Crippen molar-refractivity contribution in [2.24, 2.45) is 11.8 Å². The van der Waals surface area contributed by atoms with E-state index in [1.165, 1.54) is 14.2 Å². The van der Waals surface area contributed by atoms with Crippen LogP contribution in [0.25, 0.3) is 33.6 Å². The van der Waals surface area contributed by atoms with Crippen molar-refractivity contribution in [3.63, 3.8) is 0 Å². The summed E-state index contributed by atoms with van der Waals surface area (Å²) in [6.07, 6.45) is 5.61. The Hall–Kier alpha value is -5.66. The van der Waals surface area contributed by atoms with Gasteiger partial charge in [0.2, 0.25) is 11.8 Å². The molecule has 2 fully saturated rings. The second-order valence-corrected chi connectivity index (χ2v) is 14.6. The fourth-order valence-electron chi connectivity index (χ4n) is 7.38. The molecule has 286 valence electrons. The molecule has 2 aliphatic rings. The molecule has 4 amide bonds. The number of aromatic amines is 2. The topological polar surface area (TPSA) is 175 Å².